The Bertz CT molecular complexity index is 224. The van der Waals surface area contributed by atoms with Crippen LogP contribution in [0, 0.1) is 0 Å². The van der Waals surface area contributed by atoms with Crippen LogP contribution in [0.4, 0.5) is 0 Å². The summed E-state index contributed by atoms with van der Waals surface area (Å²) in [5.74, 6) is 0. The number of nitrogens with one attached hydrogen (secondary N) is 1. The maximum atomic E-state index is 11.1. The van der Waals surface area contributed by atoms with E-state index >= 15 is 0 Å². The van der Waals surface area contributed by atoms with Crippen LogP contribution in [0.25, 0.3) is 0 Å². The van der Waals surface area contributed by atoms with Gasteiger partial charge in [0, 0.05) is 5.54 Å². The molecule has 0 aliphatic heterocycles. The molecule has 0 aliphatic carbocycles. The Kier molecular flexibility index (Phi) is 4.73. The standard InChI is InChI=1S/C7H16BrNO2S/c1-4-5-7(2,3)9-12(10,11)6-8/h9H,4-6H2,1-3H3. The third-order valence-electron chi connectivity index (χ3n) is 1.45. The quantitative estimate of drug-likeness (QED) is 0.765. The van der Waals surface area contributed by atoms with Crippen LogP contribution in [-0.2, 0) is 10.0 Å². The van der Waals surface area contributed by atoms with Gasteiger partial charge in [-0.2, -0.15) is 0 Å². The van der Waals surface area contributed by atoms with Crippen molar-refractivity contribution in [3.8, 4) is 0 Å². The monoisotopic (exact) mass is 257 g/mol. The number of halogens is 1. The van der Waals surface area contributed by atoms with Gasteiger partial charge >= 0.3 is 0 Å². The minimum Gasteiger partial charge on any atom is -0.212 e. The number of alkyl halides is 1. The molecular weight excluding hydrogens is 242 g/mol. The molecule has 0 bridgehead atoms. The smallest absolute Gasteiger partial charge is 0.212 e. The lowest BCUT2D eigenvalue weighted by atomic mass is 10.0. The molecule has 0 aromatic rings. The summed E-state index contributed by atoms with van der Waals surface area (Å²) in [7, 11) is -3.13. The van der Waals surface area contributed by atoms with Crippen molar-refractivity contribution in [2.75, 3.05) is 4.66 Å². The topological polar surface area (TPSA) is 46.2 Å². The van der Waals surface area contributed by atoms with Gasteiger partial charge in [0.2, 0.25) is 10.0 Å². The summed E-state index contributed by atoms with van der Waals surface area (Å²) in [4.78, 5) is 0. The van der Waals surface area contributed by atoms with Gasteiger partial charge in [-0.1, -0.05) is 29.3 Å². The van der Waals surface area contributed by atoms with E-state index in [1.807, 2.05) is 20.8 Å². The molecule has 0 spiro atoms. The third-order valence-corrected chi connectivity index (χ3v) is 4.41. The summed E-state index contributed by atoms with van der Waals surface area (Å²) in [6.45, 7) is 5.80. The lowest BCUT2D eigenvalue weighted by Gasteiger charge is -2.24. The normalized spacial score (nSPS) is 13.3. The average molecular weight is 258 g/mol. The van der Waals surface area contributed by atoms with Gasteiger partial charge in [-0.05, 0) is 20.3 Å². The van der Waals surface area contributed by atoms with Crippen LogP contribution >= 0.6 is 15.9 Å². The molecule has 0 aliphatic rings. The highest BCUT2D eigenvalue weighted by Gasteiger charge is 2.22. The Morgan fingerprint density at radius 3 is 2.25 bits per heavy atom. The minimum atomic E-state index is -3.13. The molecule has 0 unspecified atom stereocenters. The highest BCUT2D eigenvalue weighted by atomic mass is 79.9. The Hall–Kier alpha value is 0.390. The molecule has 1 N–H and O–H groups in total. The third kappa shape index (κ3) is 5.11. The van der Waals surface area contributed by atoms with Crippen molar-refractivity contribution in [2.24, 2.45) is 0 Å². The van der Waals surface area contributed by atoms with Gasteiger partial charge in [0.1, 0.15) is 4.66 Å². The molecule has 0 heterocycles. The van der Waals surface area contributed by atoms with E-state index in [1.165, 1.54) is 0 Å². The number of rotatable bonds is 5. The molecule has 74 valence electrons. The minimum absolute atomic E-state index is 0.0346. The second-order valence-electron chi connectivity index (χ2n) is 3.46. The van der Waals surface area contributed by atoms with E-state index < -0.39 is 10.0 Å². The highest BCUT2D eigenvalue weighted by Crippen LogP contribution is 2.12. The zero-order valence-corrected chi connectivity index (χ0v) is 10.1. The predicted octanol–water partition coefficient (Wildman–Crippen LogP) is 1.84. The van der Waals surface area contributed by atoms with Crippen molar-refractivity contribution in [3.63, 3.8) is 0 Å². The van der Waals surface area contributed by atoms with Crippen LogP contribution in [0.1, 0.15) is 33.6 Å². The van der Waals surface area contributed by atoms with E-state index in [-0.39, 0.29) is 10.2 Å². The summed E-state index contributed by atoms with van der Waals surface area (Å²) < 4.78 is 24.8. The fraction of sp³-hybridized carbons (Fsp3) is 1.00. The van der Waals surface area contributed by atoms with Crippen LogP contribution in [0.2, 0.25) is 0 Å². The summed E-state index contributed by atoms with van der Waals surface area (Å²) in [5, 5.41) is 0. The first-order valence-electron chi connectivity index (χ1n) is 3.90. The first kappa shape index (κ1) is 12.4. The molecule has 0 saturated heterocycles. The second kappa shape index (κ2) is 4.58. The second-order valence-corrected chi connectivity index (χ2v) is 6.49. The summed E-state index contributed by atoms with van der Waals surface area (Å²) >= 11 is 2.92. The highest BCUT2D eigenvalue weighted by molar-refractivity contribution is 9.10. The van der Waals surface area contributed by atoms with Crippen LogP contribution in [-0.4, -0.2) is 18.6 Å². The van der Waals surface area contributed by atoms with Crippen molar-refractivity contribution in [1.82, 2.24) is 4.72 Å². The molecule has 3 nitrogen and oxygen atoms in total. The fourth-order valence-electron chi connectivity index (χ4n) is 1.12. The first-order valence-corrected chi connectivity index (χ1v) is 6.68. The molecule has 0 atom stereocenters. The van der Waals surface area contributed by atoms with Crippen molar-refractivity contribution in [1.29, 1.82) is 0 Å². The van der Waals surface area contributed by atoms with E-state index in [0.717, 1.165) is 12.8 Å². The van der Waals surface area contributed by atoms with Gasteiger partial charge in [0.25, 0.3) is 0 Å². The summed E-state index contributed by atoms with van der Waals surface area (Å²) in [6, 6.07) is 0. The fourth-order valence-corrected chi connectivity index (χ4v) is 2.47. The Morgan fingerprint density at radius 1 is 1.42 bits per heavy atom. The van der Waals surface area contributed by atoms with E-state index in [1.54, 1.807) is 0 Å². The van der Waals surface area contributed by atoms with E-state index in [4.69, 9.17) is 0 Å². The molecule has 12 heavy (non-hydrogen) atoms. The Balaban J connectivity index is 4.24. The van der Waals surface area contributed by atoms with Crippen LogP contribution in [0.5, 0.6) is 0 Å². The number of sulfonamides is 1. The lowest BCUT2D eigenvalue weighted by molar-refractivity contribution is 0.419. The predicted molar refractivity (Wildman–Crippen MR) is 54.8 cm³/mol. The molecule has 0 aromatic heterocycles. The Morgan fingerprint density at radius 2 is 1.92 bits per heavy atom. The molecule has 0 amide bonds. The lowest BCUT2D eigenvalue weighted by Crippen LogP contribution is -2.43. The zero-order valence-electron chi connectivity index (χ0n) is 7.72. The number of hydrogen-bond donors (Lipinski definition) is 1. The van der Waals surface area contributed by atoms with Gasteiger partial charge in [0.05, 0.1) is 0 Å². The molecule has 0 saturated carbocycles. The van der Waals surface area contributed by atoms with E-state index in [9.17, 15) is 8.42 Å². The largest absolute Gasteiger partial charge is 0.222 e. The first-order chi connectivity index (χ1) is 5.33. The van der Waals surface area contributed by atoms with E-state index in [0.29, 0.717) is 0 Å². The van der Waals surface area contributed by atoms with Gasteiger partial charge in [0.15, 0.2) is 0 Å². The number of hydrogen-bond acceptors (Lipinski definition) is 2. The van der Waals surface area contributed by atoms with Crippen molar-refractivity contribution in [2.45, 2.75) is 39.2 Å². The van der Waals surface area contributed by atoms with Crippen molar-refractivity contribution < 1.29 is 8.42 Å². The summed E-state index contributed by atoms with van der Waals surface area (Å²) in [5.41, 5.74) is -0.332. The van der Waals surface area contributed by atoms with Crippen LogP contribution < -0.4 is 4.72 Å². The maximum absolute atomic E-state index is 11.1. The van der Waals surface area contributed by atoms with Crippen LogP contribution in [0.15, 0.2) is 0 Å². The van der Waals surface area contributed by atoms with Gasteiger partial charge in [-0.15, -0.1) is 0 Å². The zero-order chi connectivity index (χ0) is 9.83. The molecule has 0 radical (unpaired) electrons. The summed E-state index contributed by atoms with van der Waals surface area (Å²) in [6.07, 6.45) is 1.82. The van der Waals surface area contributed by atoms with Crippen molar-refractivity contribution in [3.05, 3.63) is 0 Å². The van der Waals surface area contributed by atoms with Crippen molar-refractivity contribution >= 4 is 26.0 Å². The van der Waals surface area contributed by atoms with Gasteiger partial charge < -0.3 is 0 Å². The van der Waals surface area contributed by atoms with Gasteiger partial charge in [-0.3, -0.25) is 0 Å². The van der Waals surface area contributed by atoms with Crippen LogP contribution in [0.3, 0.4) is 0 Å². The maximum Gasteiger partial charge on any atom is 0.222 e. The molecular formula is C7H16BrNO2S. The average Bonchev–Trinajstić information content (AvgIpc) is 1.85. The molecule has 5 heteroatoms. The molecule has 0 aromatic carbocycles. The molecule has 0 fully saturated rings. The molecule has 0 rings (SSSR count). The SMILES string of the molecule is CCCC(C)(C)NS(=O)(=O)CBr. The van der Waals surface area contributed by atoms with Gasteiger partial charge in [-0.25, -0.2) is 13.1 Å². The Labute approximate surface area is 83.1 Å². The van der Waals surface area contributed by atoms with E-state index in [2.05, 4.69) is 20.7 Å².